The number of rotatable bonds is 4. The summed E-state index contributed by atoms with van der Waals surface area (Å²) in [5, 5.41) is 0.941. The van der Waals surface area contributed by atoms with Crippen LogP contribution >= 0.6 is 39.1 Å². The van der Waals surface area contributed by atoms with E-state index in [0.29, 0.717) is 32.3 Å². The van der Waals surface area contributed by atoms with E-state index in [1.54, 1.807) is 24.3 Å². The van der Waals surface area contributed by atoms with Crippen LogP contribution in [0.25, 0.3) is 0 Å². The van der Waals surface area contributed by atoms with Crippen molar-refractivity contribution in [1.82, 2.24) is 0 Å². The van der Waals surface area contributed by atoms with Crippen molar-refractivity contribution in [2.45, 2.75) is 6.61 Å². The van der Waals surface area contributed by atoms with Gasteiger partial charge in [0.05, 0.1) is 10.0 Å². The van der Waals surface area contributed by atoms with Crippen LogP contribution in [0.1, 0.15) is 16.3 Å². The second-order valence-electron chi connectivity index (χ2n) is 3.41. The van der Waals surface area contributed by atoms with Crippen molar-refractivity contribution in [2.75, 3.05) is 0 Å². The molecule has 0 saturated carbocycles. The van der Waals surface area contributed by atoms with Gasteiger partial charge in [-0.3, -0.25) is 4.79 Å². The summed E-state index contributed by atoms with van der Waals surface area (Å²) in [5.41, 5.74) is 0. The molecule has 0 atom stereocenters. The van der Waals surface area contributed by atoms with Crippen molar-refractivity contribution < 1.29 is 13.9 Å². The first-order chi connectivity index (χ1) is 8.60. The Morgan fingerprint density at radius 1 is 1.28 bits per heavy atom. The van der Waals surface area contributed by atoms with E-state index in [2.05, 4.69) is 15.9 Å². The summed E-state index contributed by atoms with van der Waals surface area (Å²) in [5.74, 6) is 1.25. The van der Waals surface area contributed by atoms with Gasteiger partial charge in [-0.15, -0.1) is 0 Å². The molecule has 0 N–H and O–H groups in total. The number of ether oxygens (including phenoxy) is 1. The van der Waals surface area contributed by atoms with Crippen LogP contribution in [0.2, 0.25) is 10.0 Å². The molecule has 0 radical (unpaired) electrons. The van der Waals surface area contributed by atoms with E-state index in [-0.39, 0.29) is 12.4 Å². The summed E-state index contributed by atoms with van der Waals surface area (Å²) >= 11 is 15.2. The van der Waals surface area contributed by atoms with Gasteiger partial charge in [-0.25, -0.2) is 0 Å². The zero-order chi connectivity index (χ0) is 13.1. The maximum atomic E-state index is 10.5. The first kappa shape index (κ1) is 13.5. The van der Waals surface area contributed by atoms with Crippen LogP contribution in [0, 0.1) is 0 Å². The molecule has 0 amide bonds. The Labute approximate surface area is 122 Å². The molecule has 0 aliphatic heterocycles. The van der Waals surface area contributed by atoms with Gasteiger partial charge in [0.1, 0.15) is 18.1 Å². The van der Waals surface area contributed by atoms with Gasteiger partial charge >= 0.3 is 0 Å². The molecule has 1 aromatic heterocycles. The second kappa shape index (κ2) is 5.78. The molecule has 0 aliphatic carbocycles. The highest BCUT2D eigenvalue weighted by Gasteiger charge is 2.08. The van der Waals surface area contributed by atoms with Crippen LogP contribution in [0.5, 0.6) is 5.75 Å². The minimum atomic E-state index is 0.172. The quantitative estimate of drug-likeness (QED) is 0.591. The van der Waals surface area contributed by atoms with Gasteiger partial charge in [0.2, 0.25) is 0 Å². The molecule has 1 aromatic carbocycles. The van der Waals surface area contributed by atoms with Crippen molar-refractivity contribution in [3.63, 3.8) is 0 Å². The Hall–Kier alpha value is -0.970. The van der Waals surface area contributed by atoms with E-state index in [1.165, 1.54) is 0 Å². The number of benzene rings is 1. The normalized spacial score (nSPS) is 10.4. The van der Waals surface area contributed by atoms with E-state index in [0.717, 1.165) is 0 Å². The number of hydrogen-bond acceptors (Lipinski definition) is 3. The summed E-state index contributed by atoms with van der Waals surface area (Å²) in [6.07, 6.45) is 0.632. The Kier molecular flexibility index (Phi) is 4.32. The number of hydrogen-bond donors (Lipinski definition) is 0. The molecule has 0 spiro atoms. The molecule has 0 aliphatic rings. The van der Waals surface area contributed by atoms with Gasteiger partial charge in [0.25, 0.3) is 0 Å². The molecule has 2 rings (SSSR count). The predicted molar refractivity (Wildman–Crippen MR) is 72.6 cm³/mol. The standard InChI is InChI=1S/C12H7BrCl2O3/c13-9-3-11(15)12(4-10(9)14)17-6-8-2-1-7(5-16)18-8/h1-5H,6H2. The van der Waals surface area contributed by atoms with Crippen molar-refractivity contribution in [2.24, 2.45) is 0 Å². The van der Waals surface area contributed by atoms with Gasteiger partial charge in [-0.2, -0.15) is 0 Å². The summed E-state index contributed by atoms with van der Waals surface area (Å²) in [6.45, 7) is 0.172. The van der Waals surface area contributed by atoms with Crippen LogP contribution in [0.15, 0.2) is 33.2 Å². The summed E-state index contributed by atoms with van der Waals surface area (Å²) in [6, 6.07) is 6.50. The molecule has 6 heteroatoms. The molecule has 0 saturated heterocycles. The lowest BCUT2D eigenvalue weighted by atomic mass is 10.3. The van der Waals surface area contributed by atoms with Gasteiger partial charge in [-0.05, 0) is 34.1 Å². The highest BCUT2D eigenvalue weighted by Crippen LogP contribution is 2.34. The molecule has 18 heavy (non-hydrogen) atoms. The fourth-order valence-electron chi connectivity index (χ4n) is 1.30. The van der Waals surface area contributed by atoms with Gasteiger partial charge in [0.15, 0.2) is 12.0 Å². The number of aldehydes is 1. The molecule has 0 bridgehead atoms. The minimum Gasteiger partial charge on any atom is -0.484 e. The van der Waals surface area contributed by atoms with Crippen molar-refractivity contribution in [3.05, 3.63) is 50.3 Å². The monoisotopic (exact) mass is 348 g/mol. The topological polar surface area (TPSA) is 39.4 Å². The molecular formula is C12H7BrCl2O3. The van der Waals surface area contributed by atoms with Crippen LogP contribution in [0.4, 0.5) is 0 Å². The molecular weight excluding hydrogens is 343 g/mol. The lowest BCUT2D eigenvalue weighted by molar-refractivity contribution is 0.109. The third kappa shape index (κ3) is 3.07. The molecule has 94 valence electrons. The molecule has 0 fully saturated rings. The lowest BCUT2D eigenvalue weighted by Gasteiger charge is -2.07. The van der Waals surface area contributed by atoms with E-state index in [9.17, 15) is 4.79 Å². The maximum Gasteiger partial charge on any atom is 0.185 e. The SMILES string of the molecule is O=Cc1ccc(COc2cc(Cl)c(Br)cc2Cl)o1. The summed E-state index contributed by atoms with van der Waals surface area (Å²) in [4.78, 5) is 10.5. The predicted octanol–water partition coefficient (Wildman–Crippen LogP) is 4.74. The number of furan rings is 1. The third-order valence-electron chi connectivity index (χ3n) is 2.14. The fourth-order valence-corrected chi connectivity index (χ4v) is 2.15. The van der Waals surface area contributed by atoms with E-state index in [1.807, 2.05) is 0 Å². The zero-order valence-corrected chi connectivity index (χ0v) is 12.1. The molecule has 0 unspecified atom stereocenters. The molecule has 1 heterocycles. The third-order valence-corrected chi connectivity index (χ3v) is 3.64. The highest BCUT2D eigenvalue weighted by atomic mass is 79.9. The zero-order valence-electron chi connectivity index (χ0n) is 8.95. The van der Waals surface area contributed by atoms with Gasteiger partial charge < -0.3 is 9.15 Å². The van der Waals surface area contributed by atoms with Crippen molar-refractivity contribution in [1.29, 1.82) is 0 Å². The van der Waals surface area contributed by atoms with Crippen LogP contribution < -0.4 is 4.74 Å². The van der Waals surface area contributed by atoms with E-state index >= 15 is 0 Å². The average Bonchev–Trinajstić information content (AvgIpc) is 2.80. The van der Waals surface area contributed by atoms with Crippen molar-refractivity contribution >= 4 is 45.4 Å². The summed E-state index contributed by atoms with van der Waals surface area (Å²) in [7, 11) is 0. The Balaban J connectivity index is 2.10. The fraction of sp³-hybridized carbons (Fsp3) is 0.0833. The van der Waals surface area contributed by atoms with Crippen LogP contribution in [0.3, 0.4) is 0 Å². The lowest BCUT2D eigenvalue weighted by Crippen LogP contribution is -1.94. The minimum absolute atomic E-state index is 0.172. The van der Waals surface area contributed by atoms with Crippen LogP contribution in [-0.4, -0.2) is 6.29 Å². The second-order valence-corrected chi connectivity index (χ2v) is 5.08. The Morgan fingerprint density at radius 2 is 2.06 bits per heavy atom. The molecule has 3 nitrogen and oxygen atoms in total. The summed E-state index contributed by atoms with van der Waals surface area (Å²) < 4.78 is 11.3. The number of carbonyl (C=O) groups is 1. The largest absolute Gasteiger partial charge is 0.484 e. The average molecular weight is 350 g/mol. The first-order valence-electron chi connectivity index (χ1n) is 4.91. The highest BCUT2D eigenvalue weighted by molar-refractivity contribution is 9.10. The number of carbonyl (C=O) groups excluding carboxylic acids is 1. The van der Waals surface area contributed by atoms with E-state index < -0.39 is 0 Å². The smallest absolute Gasteiger partial charge is 0.185 e. The van der Waals surface area contributed by atoms with Gasteiger partial charge in [-0.1, -0.05) is 23.2 Å². The van der Waals surface area contributed by atoms with Crippen LogP contribution in [-0.2, 0) is 6.61 Å². The Morgan fingerprint density at radius 3 is 2.72 bits per heavy atom. The maximum absolute atomic E-state index is 10.5. The first-order valence-corrected chi connectivity index (χ1v) is 6.46. The van der Waals surface area contributed by atoms with E-state index in [4.69, 9.17) is 32.4 Å². The van der Waals surface area contributed by atoms with Crippen molar-refractivity contribution in [3.8, 4) is 5.75 Å². The number of halogens is 3. The Bertz CT molecular complexity index is 581. The van der Waals surface area contributed by atoms with Gasteiger partial charge in [0, 0.05) is 10.5 Å². The molecule has 2 aromatic rings.